The Kier molecular flexibility index (Phi) is 4.96. The van der Waals surface area contributed by atoms with Gasteiger partial charge in [0.15, 0.2) is 0 Å². The van der Waals surface area contributed by atoms with Crippen molar-refractivity contribution < 1.29 is 19.7 Å². The van der Waals surface area contributed by atoms with Crippen molar-refractivity contribution >= 4 is 18.1 Å². The van der Waals surface area contributed by atoms with E-state index < -0.39 is 12.1 Å². The van der Waals surface area contributed by atoms with Gasteiger partial charge in [-0.2, -0.15) is 0 Å². The fraction of sp³-hybridized carbons (Fsp3) is 0.250. The van der Waals surface area contributed by atoms with Gasteiger partial charge in [0.1, 0.15) is 11.9 Å². The number of carbonyl (C=O) groups is 1. The Morgan fingerprint density at radius 2 is 1.75 bits per heavy atom. The number of aliphatic hydroxyl groups excluding tert-OH is 1. The number of unbranched alkanes of at least 4 members (excludes halogenated alkanes) is 1. The smallest absolute Gasteiger partial charge is 0.303 e. The van der Waals surface area contributed by atoms with E-state index in [1.54, 1.807) is 0 Å². The van der Waals surface area contributed by atoms with E-state index in [2.05, 4.69) is 0 Å². The van der Waals surface area contributed by atoms with E-state index in [9.17, 15) is 9.90 Å². The van der Waals surface area contributed by atoms with Crippen LogP contribution in [0, 0.1) is 0 Å². The van der Waals surface area contributed by atoms with E-state index in [1.807, 2.05) is 54.6 Å². The van der Waals surface area contributed by atoms with Gasteiger partial charge in [-0.3, -0.25) is 4.79 Å². The minimum Gasteiger partial charge on any atom is -0.494 e. The first-order valence-corrected chi connectivity index (χ1v) is 8.09. The Hall–Kier alpha value is -2.59. The number of fused-ring (bicyclic) bond motifs is 2. The molecule has 0 radical (unpaired) electrons. The van der Waals surface area contributed by atoms with Crippen molar-refractivity contribution in [2.75, 3.05) is 6.61 Å². The van der Waals surface area contributed by atoms with Crippen molar-refractivity contribution in [3.05, 3.63) is 64.7 Å². The predicted molar refractivity (Wildman–Crippen MR) is 92.9 cm³/mol. The average molecular weight is 324 g/mol. The minimum absolute atomic E-state index is 0.167. The molecule has 1 atom stereocenters. The lowest BCUT2D eigenvalue weighted by atomic mass is 9.97. The maximum Gasteiger partial charge on any atom is 0.303 e. The summed E-state index contributed by atoms with van der Waals surface area (Å²) in [5.74, 6) is -0.0504. The maximum absolute atomic E-state index is 10.6. The lowest BCUT2D eigenvalue weighted by Gasteiger charge is -2.15. The van der Waals surface area contributed by atoms with Crippen LogP contribution in [-0.4, -0.2) is 22.8 Å². The van der Waals surface area contributed by atoms with Crippen LogP contribution < -0.4 is 4.74 Å². The van der Waals surface area contributed by atoms with E-state index in [0.29, 0.717) is 19.4 Å². The summed E-state index contributed by atoms with van der Waals surface area (Å²) in [6.07, 6.45) is 4.81. The molecule has 0 saturated heterocycles. The number of ether oxygens (including phenoxy) is 1. The van der Waals surface area contributed by atoms with Crippen LogP contribution in [0.4, 0.5) is 0 Å². The van der Waals surface area contributed by atoms with Crippen molar-refractivity contribution in [2.24, 2.45) is 0 Å². The summed E-state index contributed by atoms with van der Waals surface area (Å²) in [5.41, 5.74) is 3.70. The monoisotopic (exact) mass is 324 g/mol. The van der Waals surface area contributed by atoms with Gasteiger partial charge in [-0.25, -0.2) is 0 Å². The molecule has 0 fully saturated rings. The molecule has 2 aromatic carbocycles. The molecule has 2 aromatic rings. The first-order valence-electron chi connectivity index (χ1n) is 8.09. The summed E-state index contributed by atoms with van der Waals surface area (Å²) in [4.78, 5) is 10.5. The molecule has 1 aliphatic rings. The third-order valence-corrected chi connectivity index (χ3v) is 4.14. The quantitative estimate of drug-likeness (QED) is 0.791. The standard InChI is InChI=1S/C20H20O4/c21-19(22)7-3-4-12-24-16-10-11-18-15(13-16)9-8-14-5-1-2-6-17(14)20(18)23/h1-2,5-6,8-11,13,20,23H,3-4,7,12H2,(H,21,22). The second-order valence-electron chi connectivity index (χ2n) is 5.85. The number of benzene rings is 2. The van der Waals surface area contributed by atoms with Gasteiger partial charge >= 0.3 is 5.97 Å². The maximum atomic E-state index is 10.6. The molecule has 4 nitrogen and oxygen atoms in total. The van der Waals surface area contributed by atoms with Crippen molar-refractivity contribution in [2.45, 2.75) is 25.4 Å². The summed E-state index contributed by atoms with van der Waals surface area (Å²) >= 11 is 0. The molecule has 0 amide bonds. The normalized spacial score (nSPS) is 15.3. The molecule has 2 N–H and O–H groups in total. The fourth-order valence-electron chi connectivity index (χ4n) is 2.86. The van der Waals surface area contributed by atoms with Crippen LogP contribution in [0.2, 0.25) is 0 Å². The summed E-state index contributed by atoms with van der Waals surface area (Å²) in [6, 6.07) is 13.5. The third kappa shape index (κ3) is 3.66. The number of aliphatic carboxylic acids is 1. The van der Waals surface area contributed by atoms with E-state index in [0.717, 1.165) is 28.0 Å². The third-order valence-electron chi connectivity index (χ3n) is 4.14. The molecule has 0 heterocycles. The highest BCUT2D eigenvalue weighted by molar-refractivity contribution is 5.76. The van der Waals surface area contributed by atoms with E-state index >= 15 is 0 Å². The van der Waals surface area contributed by atoms with E-state index in [-0.39, 0.29) is 6.42 Å². The summed E-state index contributed by atoms with van der Waals surface area (Å²) in [6.45, 7) is 0.485. The first kappa shape index (κ1) is 16.3. The molecule has 0 saturated carbocycles. The molecule has 0 aliphatic heterocycles. The largest absolute Gasteiger partial charge is 0.494 e. The van der Waals surface area contributed by atoms with Gasteiger partial charge < -0.3 is 14.9 Å². The molecule has 24 heavy (non-hydrogen) atoms. The zero-order valence-corrected chi connectivity index (χ0v) is 13.3. The summed E-state index contributed by atoms with van der Waals surface area (Å²) in [5, 5.41) is 19.3. The molecular weight excluding hydrogens is 304 g/mol. The molecule has 4 heteroatoms. The Bertz CT molecular complexity index is 764. The summed E-state index contributed by atoms with van der Waals surface area (Å²) in [7, 11) is 0. The Morgan fingerprint density at radius 3 is 2.58 bits per heavy atom. The fourth-order valence-corrected chi connectivity index (χ4v) is 2.86. The van der Waals surface area contributed by atoms with Gasteiger partial charge in [0.25, 0.3) is 0 Å². The number of carboxylic acid groups (broad SMARTS) is 1. The highest BCUT2D eigenvalue weighted by atomic mass is 16.5. The molecular formula is C20H20O4. The van der Waals surface area contributed by atoms with Crippen LogP contribution in [0.25, 0.3) is 12.2 Å². The molecule has 0 spiro atoms. The van der Waals surface area contributed by atoms with Crippen molar-refractivity contribution in [1.82, 2.24) is 0 Å². The number of hydrogen-bond donors (Lipinski definition) is 2. The zero-order valence-electron chi connectivity index (χ0n) is 13.3. The molecule has 0 bridgehead atoms. The SMILES string of the molecule is O=C(O)CCCCOc1ccc2c(c1)C=Cc1ccccc1C2O. The van der Waals surface area contributed by atoms with E-state index in [4.69, 9.17) is 9.84 Å². The second-order valence-corrected chi connectivity index (χ2v) is 5.85. The van der Waals surface area contributed by atoms with Gasteiger partial charge in [-0.05, 0) is 47.2 Å². The number of carboxylic acids is 1. The van der Waals surface area contributed by atoms with Crippen LogP contribution in [0.1, 0.15) is 47.6 Å². The molecule has 124 valence electrons. The van der Waals surface area contributed by atoms with Crippen LogP contribution in [0.15, 0.2) is 42.5 Å². The zero-order chi connectivity index (χ0) is 16.9. The summed E-state index contributed by atoms with van der Waals surface area (Å²) < 4.78 is 5.70. The van der Waals surface area contributed by atoms with Gasteiger partial charge in [-0.15, -0.1) is 0 Å². The van der Waals surface area contributed by atoms with Crippen molar-refractivity contribution in [3.8, 4) is 5.75 Å². The molecule has 1 aliphatic carbocycles. The van der Waals surface area contributed by atoms with Gasteiger partial charge in [0, 0.05) is 6.42 Å². The number of aliphatic hydroxyl groups is 1. The topological polar surface area (TPSA) is 66.8 Å². The highest BCUT2D eigenvalue weighted by Gasteiger charge is 2.19. The van der Waals surface area contributed by atoms with Gasteiger partial charge in [0.2, 0.25) is 0 Å². The number of rotatable bonds is 6. The van der Waals surface area contributed by atoms with E-state index in [1.165, 1.54) is 0 Å². The lowest BCUT2D eigenvalue weighted by molar-refractivity contribution is -0.137. The van der Waals surface area contributed by atoms with Crippen molar-refractivity contribution in [1.29, 1.82) is 0 Å². The van der Waals surface area contributed by atoms with Crippen LogP contribution >= 0.6 is 0 Å². The highest BCUT2D eigenvalue weighted by Crippen LogP contribution is 2.34. The Labute approximate surface area is 141 Å². The molecule has 0 aromatic heterocycles. The Morgan fingerprint density at radius 1 is 1.00 bits per heavy atom. The Balaban J connectivity index is 1.71. The van der Waals surface area contributed by atoms with Crippen molar-refractivity contribution in [3.63, 3.8) is 0 Å². The molecule has 1 unspecified atom stereocenters. The van der Waals surface area contributed by atoms with Crippen LogP contribution in [-0.2, 0) is 4.79 Å². The minimum atomic E-state index is -0.779. The predicted octanol–water partition coefficient (Wildman–Crippen LogP) is 3.89. The van der Waals surface area contributed by atoms with Crippen LogP contribution in [0.3, 0.4) is 0 Å². The lowest BCUT2D eigenvalue weighted by Crippen LogP contribution is -2.04. The average Bonchev–Trinajstić information content (AvgIpc) is 2.72. The van der Waals surface area contributed by atoms with Crippen LogP contribution in [0.5, 0.6) is 5.75 Å². The second kappa shape index (κ2) is 7.32. The molecule has 3 rings (SSSR count). The first-order chi connectivity index (χ1) is 11.6. The van der Waals surface area contributed by atoms with Gasteiger partial charge in [-0.1, -0.05) is 42.5 Å². The number of hydrogen-bond acceptors (Lipinski definition) is 3. The van der Waals surface area contributed by atoms with Gasteiger partial charge in [0.05, 0.1) is 6.61 Å².